The standard InChI is InChI=1S/C13H23N3O2/c14-13(17)10(15-9-4-5-9)8-16-6-7-18-12-3-1-2-11(12)16/h9-12,15H,1-8H2,(H2,14,17). The zero-order chi connectivity index (χ0) is 12.5. The molecular weight excluding hydrogens is 230 g/mol. The first-order chi connectivity index (χ1) is 8.74. The number of hydrogen-bond acceptors (Lipinski definition) is 4. The van der Waals surface area contributed by atoms with E-state index in [1.165, 1.54) is 32.1 Å². The molecule has 3 unspecified atom stereocenters. The molecule has 5 heteroatoms. The molecule has 1 heterocycles. The molecule has 1 aliphatic heterocycles. The van der Waals surface area contributed by atoms with E-state index >= 15 is 0 Å². The number of nitrogens with zero attached hydrogens (tertiary/aromatic N) is 1. The number of carbonyl (C=O) groups excluding carboxylic acids is 1. The first-order valence-electron chi connectivity index (χ1n) is 7.15. The molecule has 5 nitrogen and oxygen atoms in total. The fourth-order valence-electron chi connectivity index (χ4n) is 3.23. The molecule has 3 N–H and O–H groups in total. The first-order valence-corrected chi connectivity index (χ1v) is 7.15. The molecule has 0 aromatic carbocycles. The topological polar surface area (TPSA) is 67.6 Å². The molecule has 0 aromatic rings. The van der Waals surface area contributed by atoms with Crippen molar-refractivity contribution >= 4 is 5.91 Å². The van der Waals surface area contributed by atoms with Gasteiger partial charge in [0.25, 0.3) is 0 Å². The molecule has 0 aromatic heterocycles. The number of nitrogens with two attached hydrogens (primary N) is 1. The van der Waals surface area contributed by atoms with Crippen LogP contribution in [0.25, 0.3) is 0 Å². The van der Waals surface area contributed by atoms with Gasteiger partial charge in [0.15, 0.2) is 0 Å². The second-order valence-corrected chi connectivity index (χ2v) is 5.80. The third-order valence-electron chi connectivity index (χ3n) is 4.37. The van der Waals surface area contributed by atoms with Crippen LogP contribution in [0, 0.1) is 0 Å². The monoisotopic (exact) mass is 253 g/mol. The summed E-state index contributed by atoms with van der Waals surface area (Å²) in [7, 11) is 0. The third kappa shape index (κ3) is 2.68. The maximum Gasteiger partial charge on any atom is 0.235 e. The summed E-state index contributed by atoms with van der Waals surface area (Å²) >= 11 is 0. The molecule has 3 fully saturated rings. The lowest BCUT2D eigenvalue weighted by atomic mass is 10.1. The van der Waals surface area contributed by atoms with Crippen molar-refractivity contribution in [2.45, 2.75) is 56.3 Å². The normalized spacial score (nSPS) is 34.2. The lowest BCUT2D eigenvalue weighted by Gasteiger charge is -2.39. The lowest BCUT2D eigenvalue weighted by molar-refractivity contribution is -0.122. The fourth-order valence-corrected chi connectivity index (χ4v) is 3.23. The number of amides is 1. The Morgan fingerprint density at radius 1 is 1.39 bits per heavy atom. The smallest absolute Gasteiger partial charge is 0.235 e. The van der Waals surface area contributed by atoms with Gasteiger partial charge in [-0.25, -0.2) is 0 Å². The van der Waals surface area contributed by atoms with Gasteiger partial charge in [-0.1, -0.05) is 0 Å². The molecule has 1 amide bonds. The summed E-state index contributed by atoms with van der Waals surface area (Å²) in [6.45, 7) is 2.46. The second kappa shape index (κ2) is 5.15. The van der Waals surface area contributed by atoms with Crippen molar-refractivity contribution in [3.05, 3.63) is 0 Å². The van der Waals surface area contributed by atoms with E-state index < -0.39 is 0 Å². The highest BCUT2D eigenvalue weighted by atomic mass is 16.5. The third-order valence-corrected chi connectivity index (χ3v) is 4.37. The van der Waals surface area contributed by atoms with Crippen molar-refractivity contribution in [3.8, 4) is 0 Å². The Bertz CT molecular complexity index is 319. The minimum absolute atomic E-state index is 0.197. The first kappa shape index (κ1) is 12.4. The van der Waals surface area contributed by atoms with E-state index in [-0.39, 0.29) is 11.9 Å². The van der Waals surface area contributed by atoms with Crippen LogP contribution in [0.3, 0.4) is 0 Å². The summed E-state index contributed by atoms with van der Waals surface area (Å²) in [5, 5.41) is 3.36. The maximum atomic E-state index is 11.5. The molecule has 102 valence electrons. The number of hydrogen-bond donors (Lipinski definition) is 2. The highest BCUT2D eigenvalue weighted by molar-refractivity contribution is 5.80. The Balaban J connectivity index is 1.59. The van der Waals surface area contributed by atoms with Crippen molar-refractivity contribution in [3.63, 3.8) is 0 Å². The van der Waals surface area contributed by atoms with Crippen LogP contribution in [0.5, 0.6) is 0 Å². The van der Waals surface area contributed by atoms with Gasteiger partial charge < -0.3 is 15.8 Å². The van der Waals surface area contributed by atoms with Crippen LogP contribution in [-0.4, -0.2) is 54.7 Å². The molecule has 1 saturated heterocycles. The van der Waals surface area contributed by atoms with Crippen molar-refractivity contribution in [1.82, 2.24) is 10.2 Å². The molecule has 2 saturated carbocycles. The molecule has 3 rings (SSSR count). The Kier molecular flexibility index (Phi) is 3.54. The molecule has 18 heavy (non-hydrogen) atoms. The van der Waals surface area contributed by atoms with Crippen molar-refractivity contribution < 1.29 is 9.53 Å². The van der Waals surface area contributed by atoms with E-state index in [9.17, 15) is 4.79 Å². The van der Waals surface area contributed by atoms with Gasteiger partial charge in [-0.3, -0.25) is 9.69 Å². The predicted octanol–water partition coefficient (Wildman–Crippen LogP) is -0.154. The van der Waals surface area contributed by atoms with E-state index in [0.717, 1.165) is 19.7 Å². The van der Waals surface area contributed by atoms with E-state index in [4.69, 9.17) is 10.5 Å². The number of ether oxygens (including phenoxy) is 1. The molecule has 3 aliphatic rings. The zero-order valence-electron chi connectivity index (χ0n) is 10.8. The Morgan fingerprint density at radius 3 is 2.94 bits per heavy atom. The lowest BCUT2D eigenvalue weighted by Crippen LogP contribution is -2.56. The Hall–Kier alpha value is -0.650. The largest absolute Gasteiger partial charge is 0.375 e. The number of carbonyl (C=O) groups is 1. The van der Waals surface area contributed by atoms with Gasteiger partial charge in [0, 0.05) is 25.2 Å². The number of primary amides is 1. The van der Waals surface area contributed by atoms with Crippen LogP contribution in [0.2, 0.25) is 0 Å². The van der Waals surface area contributed by atoms with Gasteiger partial charge in [0.05, 0.1) is 18.8 Å². The summed E-state index contributed by atoms with van der Waals surface area (Å²) in [5.41, 5.74) is 5.51. The van der Waals surface area contributed by atoms with Crippen molar-refractivity contribution in [2.75, 3.05) is 19.7 Å². The van der Waals surface area contributed by atoms with E-state index in [1.54, 1.807) is 0 Å². The molecular formula is C13H23N3O2. The number of rotatable bonds is 5. The van der Waals surface area contributed by atoms with Crippen LogP contribution in [-0.2, 0) is 9.53 Å². The van der Waals surface area contributed by atoms with Crippen LogP contribution in [0.4, 0.5) is 0 Å². The summed E-state index contributed by atoms with van der Waals surface area (Å²) < 4.78 is 5.79. The van der Waals surface area contributed by atoms with Gasteiger partial charge >= 0.3 is 0 Å². The van der Waals surface area contributed by atoms with Gasteiger partial charge in [0.2, 0.25) is 5.91 Å². The van der Waals surface area contributed by atoms with Crippen LogP contribution < -0.4 is 11.1 Å². The number of nitrogens with one attached hydrogen (secondary N) is 1. The van der Waals surface area contributed by atoms with Crippen LogP contribution in [0.1, 0.15) is 32.1 Å². The van der Waals surface area contributed by atoms with E-state index in [2.05, 4.69) is 10.2 Å². The SMILES string of the molecule is NC(=O)C(CN1CCOC2CCCC21)NC1CC1. The van der Waals surface area contributed by atoms with Gasteiger partial charge in [-0.05, 0) is 32.1 Å². The quantitative estimate of drug-likeness (QED) is 0.715. The van der Waals surface area contributed by atoms with Crippen LogP contribution >= 0.6 is 0 Å². The number of fused-ring (bicyclic) bond motifs is 1. The van der Waals surface area contributed by atoms with E-state index in [0.29, 0.717) is 18.2 Å². The van der Waals surface area contributed by atoms with Crippen molar-refractivity contribution in [1.29, 1.82) is 0 Å². The van der Waals surface area contributed by atoms with Crippen molar-refractivity contribution in [2.24, 2.45) is 5.73 Å². The van der Waals surface area contributed by atoms with Gasteiger partial charge in [0.1, 0.15) is 0 Å². The Morgan fingerprint density at radius 2 is 2.22 bits per heavy atom. The summed E-state index contributed by atoms with van der Waals surface area (Å²) in [4.78, 5) is 13.9. The van der Waals surface area contributed by atoms with Crippen LogP contribution in [0.15, 0.2) is 0 Å². The van der Waals surface area contributed by atoms with E-state index in [1.807, 2.05) is 0 Å². The Labute approximate surface area is 108 Å². The molecule has 2 aliphatic carbocycles. The molecule has 0 spiro atoms. The highest BCUT2D eigenvalue weighted by Crippen LogP contribution is 2.29. The molecule has 0 bridgehead atoms. The maximum absolute atomic E-state index is 11.5. The highest BCUT2D eigenvalue weighted by Gasteiger charge is 2.38. The summed E-state index contributed by atoms with van der Waals surface area (Å²) in [5.74, 6) is -0.220. The summed E-state index contributed by atoms with van der Waals surface area (Å²) in [6.07, 6.45) is 6.34. The second-order valence-electron chi connectivity index (χ2n) is 5.80. The summed E-state index contributed by atoms with van der Waals surface area (Å²) in [6, 6.07) is 0.821. The average Bonchev–Trinajstić information content (AvgIpc) is 3.03. The average molecular weight is 253 g/mol. The van der Waals surface area contributed by atoms with Gasteiger partial charge in [-0.2, -0.15) is 0 Å². The minimum Gasteiger partial charge on any atom is -0.375 e. The molecule has 3 atom stereocenters. The minimum atomic E-state index is -0.220. The zero-order valence-corrected chi connectivity index (χ0v) is 10.8. The van der Waals surface area contributed by atoms with Gasteiger partial charge in [-0.15, -0.1) is 0 Å². The fraction of sp³-hybridized carbons (Fsp3) is 0.923. The molecule has 0 radical (unpaired) electrons. The number of morpholine rings is 1. The predicted molar refractivity (Wildman–Crippen MR) is 68.1 cm³/mol.